The number of rotatable bonds is 2. The highest BCUT2D eigenvalue weighted by atomic mass is 32.2. The number of fused-ring (bicyclic) bond motifs is 1. The van der Waals surface area contributed by atoms with Crippen LogP contribution in [0.25, 0.3) is 0 Å². The van der Waals surface area contributed by atoms with Gasteiger partial charge in [0.05, 0.1) is 24.2 Å². The average Bonchev–Trinajstić information content (AvgIpc) is 2.71. The highest BCUT2D eigenvalue weighted by Crippen LogP contribution is 2.23. The normalized spacial score (nSPS) is 29.9. The van der Waals surface area contributed by atoms with E-state index in [4.69, 9.17) is 0 Å². The summed E-state index contributed by atoms with van der Waals surface area (Å²) in [5, 5.41) is 18.0. The van der Waals surface area contributed by atoms with Crippen molar-refractivity contribution in [1.82, 2.24) is 14.8 Å². The predicted molar refractivity (Wildman–Crippen MR) is 69.4 cm³/mol. The van der Waals surface area contributed by atoms with E-state index in [-0.39, 0.29) is 17.8 Å². The molecule has 19 heavy (non-hydrogen) atoms. The Morgan fingerprint density at radius 1 is 1.32 bits per heavy atom. The maximum absolute atomic E-state index is 11.6. The van der Waals surface area contributed by atoms with Crippen molar-refractivity contribution in [2.24, 2.45) is 5.92 Å². The zero-order valence-electron chi connectivity index (χ0n) is 10.8. The third-order valence-electron chi connectivity index (χ3n) is 4.03. The fourth-order valence-electron chi connectivity index (χ4n) is 3.05. The molecule has 1 aromatic rings. The minimum Gasteiger partial charge on any atom is -0.391 e. The van der Waals surface area contributed by atoms with Gasteiger partial charge in [-0.2, -0.15) is 0 Å². The average molecular weight is 285 g/mol. The van der Waals surface area contributed by atoms with Gasteiger partial charge in [0, 0.05) is 12.8 Å². The zero-order chi connectivity index (χ0) is 13.5. The lowest BCUT2D eigenvalue weighted by molar-refractivity contribution is 0.128. The van der Waals surface area contributed by atoms with Gasteiger partial charge < -0.3 is 9.67 Å². The minimum atomic E-state index is -2.87. The lowest BCUT2D eigenvalue weighted by atomic mass is 10.0. The van der Waals surface area contributed by atoms with E-state index in [2.05, 4.69) is 10.2 Å². The zero-order valence-corrected chi connectivity index (χ0v) is 11.6. The van der Waals surface area contributed by atoms with Gasteiger partial charge in [-0.15, -0.1) is 10.2 Å². The number of sulfone groups is 1. The number of nitrogens with zero attached hydrogens (tertiary/aromatic N) is 3. The number of aliphatic hydroxyl groups is 1. The molecule has 2 atom stereocenters. The molecule has 1 saturated heterocycles. The second-order valence-corrected chi connectivity index (χ2v) is 7.89. The molecule has 1 fully saturated rings. The molecule has 0 aliphatic carbocycles. The van der Waals surface area contributed by atoms with E-state index in [0.717, 1.165) is 37.3 Å². The molecule has 2 aliphatic rings. The van der Waals surface area contributed by atoms with Crippen LogP contribution in [0.2, 0.25) is 0 Å². The maximum Gasteiger partial charge on any atom is 0.150 e. The van der Waals surface area contributed by atoms with Crippen molar-refractivity contribution in [3.63, 3.8) is 0 Å². The van der Waals surface area contributed by atoms with Crippen LogP contribution in [0.15, 0.2) is 0 Å². The lowest BCUT2D eigenvalue weighted by Gasteiger charge is -2.24. The summed E-state index contributed by atoms with van der Waals surface area (Å²) < 4.78 is 25.3. The van der Waals surface area contributed by atoms with Crippen molar-refractivity contribution in [3.05, 3.63) is 11.6 Å². The Labute approximate surface area is 112 Å². The first kappa shape index (κ1) is 13.1. The summed E-state index contributed by atoms with van der Waals surface area (Å²) in [5.74, 6) is 2.47. The van der Waals surface area contributed by atoms with E-state index in [0.29, 0.717) is 18.7 Å². The summed E-state index contributed by atoms with van der Waals surface area (Å²) in [7, 11) is -2.87. The molecule has 3 rings (SSSR count). The maximum atomic E-state index is 11.6. The molecule has 0 saturated carbocycles. The van der Waals surface area contributed by atoms with Crippen LogP contribution in [0.3, 0.4) is 0 Å². The van der Waals surface area contributed by atoms with Gasteiger partial charge in [0.15, 0.2) is 9.84 Å². The van der Waals surface area contributed by atoms with E-state index in [1.807, 2.05) is 4.57 Å². The summed E-state index contributed by atoms with van der Waals surface area (Å²) in [4.78, 5) is 0. The van der Waals surface area contributed by atoms with Crippen molar-refractivity contribution in [3.8, 4) is 0 Å². The van der Waals surface area contributed by atoms with Crippen molar-refractivity contribution in [2.75, 3.05) is 11.5 Å². The quantitative estimate of drug-likeness (QED) is 0.823. The van der Waals surface area contributed by atoms with Crippen LogP contribution < -0.4 is 0 Å². The van der Waals surface area contributed by atoms with Crippen LogP contribution in [0.5, 0.6) is 0 Å². The van der Waals surface area contributed by atoms with Gasteiger partial charge in [-0.05, 0) is 25.2 Å². The molecular formula is C12H19N3O3S. The molecule has 2 unspecified atom stereocenters. The van der Waals surface area contributed by atoms with Gasteiger partial charge in [0.2, 0.25) is 0 Å². The molecule has 0 amide bonds. The van der Waals surface area contributed by atoms with Crippen LogP contribution in [-0.2, 0) is 29.2 Å². The molecule has 7 heteroatoms. The number of hydrogen-bond acceptors (Lipinski definition) is 5. The summed E-state index contributed by atoms with van der Waals surface area (Å²) in [6.45, 7) is 0.539. The van der Waals surface area contributed by atoms with Crippen molar-refractivity contribution < 1.29 is 13.5 Å². The SMILES string of the molecule is O=S1(=O)CCCC(Cc2nnc3n2CC(O)CC3)C1. The topological polar surface area (TPSA) is 85.1 Å². The predicted octanol–water partition coefficient (Wildman–Crippen LogP) is -0.0475. The minimum absolute atomic E-state index is 0.145. The second kappa shape index (κ2) is 4.86. The van der Waals surface area contributed by atoms with Crippen LogP contribution in [0.4, 0.5) is 0 Å². The van der Waals surface area contributed by atoms with Crippen LogP contribution in [0, 0.1) is 5.92 Å². The smallest absolute Gasteiger partial charge is 0.150 e. The van der Waals surface area contributed by atoms with Gasteiger partial charge in [-0.3, -0.25) is 0 Å². The summed E-state index contributed by atoms with van der Waals surface area (Å²) >= 11 is 0. The molecule has 2 aliphatic heterocycles. The molecule has 0 aromatic carbocycles. The Morgan fingerprint density at radius 3 is 2.95 bits per heavy atom. The second-order valence-electron chi connectivity index (χ2n) is 5.66. The molecule has 106 valence electrons. The molecule has 1 aromatic heterocycles. The molecule has 0 bridgehead atoms. The van der Waals surface area contributed by atoms with Crippen molar-refractivity contribution in [1.29, 1.82) is 0 Å². The summed E-state index contributed by atoms with van der Waals surface area (Å²) in [6.07, 6.45) is 3.48. The molecule has 0 radical (unpaired) electrons. The van der Waals surface area contributed by atoms with Crippen LogP contribution in [0.1, 0.15) is 30.9 Å². The Hall–Kier alpha value is -0.950. The third-order valence-corrected chi connectivity index (χ3v) is 5.92. The van der Waals surface area contributed by atoms with Crippen LogP contribution >= 0.6 is 0 Å². The number of aliphatic hydroxyl groups excluding tert-OH is 1. The molecule has 0 spiro atoms. The highest BCUT2D eigenvalue weighted by molar-refractivity contribution is 7.91. The Morgan fingerprint density at radius 2 is 2.16 bits per heavy atom. The first-order valence-electron chi connectivity index (χ1n) is 6.83. The van der Waals surface area contributed by atoms with Crippen molar-refractivity contribution in [2.45, 2.75) is 44.8 Å². The molecular weight excluding hydrogens is 266 g/mol. The standard InChI is InChI=1S/C12H19N3O3S/c16-10-3-4-11-13-14-12(15(11)7-10)6-9-2-1-5-19(17,18)8-9/h9-10,16H,1-8H2. The van der Waals surface area contributed by atoms with E-state index >= 15 is 0 Å². The largest absolute Gasteiger partial charge is 0.391 e. The first-order valence-corrected chi connectivity index (χ1v) is 8.65. The first-order chi connectivity index (χ1) is 9.03. The number of aryl methyl sites for hydroxylation is 1. The molecule has 3 heterocycles. The Kier molecular flexibility index (Phi) is 3.34. The number of aromatic nitrogens is 3. The van der Waals surface area contributed by atoms with Gasteiger partial charge in [-0.25, -0.2) is 8.42 Å². The highest BCUT2D eigenvalue weighted by Gasteiger charge is 2.28. The van der Waals surface area contributed by atoms with E-state index in [1.54, 1.807) is 0 Å². The monoisotopic (exact) mass is 285 g/mol. The van der Waals surface area contributed by atoms with Gasteiger partial charge in [0.1, 0.15) is 11.6 Å². The van der Waals surface area contributed by atoms with E-state index < -0.39 is 9.84 Å². The van der Waals surface area contributed by atoms with E-state index in [9.17, 15) is 13.5 Å². The Bertz CT molecular complexity index is 567. The summed E-state index contributed by atoms with van der Waals surface area (Å²) in [5.41, 5.74) is 0. The van der Waals surface area contributed by atoms with Gasteiger partial charge in [-0.1, -0.05) is 0 Å². The van der Waals surface area contributed by atoms with E-state index in [1.165, 1.54) is 0 Å². The summed E-state index contributed by atoms with van der Waals surface area (Å²) in [6, 6.07) is 0. The van der Waals surface area contributed by atoms with Crippen molar-refractivity contribution >= 4 is 9.84 Å². The number of hydrogen-bond donors (Lipinski definition) is 1. The fourth-order valence-corrected chi connectivity index (χ4v) is 4.83. The van der Waals surface area contributed by atoms with Gasteiger partial charge >= 0.3 is 0 Å². The third kappa shape index (κ3) is 2.81. The lowest BCUT2D eigenvalue weighted by Crippen LogP contribution is -2.29. The van der Waals surface area contributed by atoms with Crippen LogP contribution in [-0.4, -0.2) is 45.9 Å². The fraction of sp³-hybridized carbons (Fsp3) is 0.833. The Balaban J connectivity index is 1.75. The molecule has 1 N–H and O–H groups in total. The molecule has 6 nitrogen and oxygen atoms in total. The van der Waals surface area contributed by atoms with Gasteiger partial charge in [0.25, 0.3) is 0 Å².